The Kier molecular flexibility index (Phi) is 11.1. The lowest BCUT2D eigenvalue weighted by atomic mass is 9.93. The maximum Gasteiger partial charge on any atom is 0.258 e. The molecule has 9 heteroatoms. The quantitative estimate of drug-likeness (QED) is 0.245. The number of nitrogens with one attached hydrogen (secondary N) is 3. The highest BCUT2D eigenvalue weighted by Gasteiger charge is 2.24. The number of amides is 2. The van der Waals surface area contributed by atoms with Crippen molar-refractivity contribution in [3.8, 4) is 5.75 Å². The SMILES string of the molecule is CN=C(NCCc1ccc(OCC(=O)NC2CC2)cc1)N1CCC(CC(=O)NC)CC1.I. The maximum absolute atomic E-state index is 11.7. The van der Waals surface area contributed by atoms with Gasteiger partial charge in [-0.1, -0.05) is 12.1 Å². The summed E-state index contributed by atoms with van der Waals surface area (Å²) in [6, 6.07) is 8.24. The summed E-state index contributed by atoms with van der Waals surface area (Å²) in [4.78, 5) is 30.0. The van der Waals surface area contributed by atoms with Crippen molar-refractivity contribution in [2.45, 2.75) is 44.6 Å². The molecule has 1 aliphatic carbocycles. The number of carbonyl (C=O) groups excluding carboxylic acids is 2. The predicted octanol–water partition coefficient (Wildman–Crippen LogP) is 1.93. The van der Waals surface area contributed by atoms with E-state index in [0.717, 1.165) is 57.7 Å². The summed E-state index contributed by atoms with van der Waals surface area (Å²) in [5.41, 5.74) is 1.20. The van der Waals surface area contributed by atoms with Gasteiger partial charge in [0.15, 0.2) is 12.6 Å². The van der Waals surface area contributed by atoms with Crippen molar-refractivity contribution in [3.63, 3.8) is 0 Å². The first-order valence-corrected chi connectivity index (χ1v) is 11.2. The Morgan fingerprint density at radius 2 is 1.78 bits per heavy atom. The number of guanidine groups is 1. The van der Waals surface area contributed by atoms with E-state index in [2.05, 4.69) is 25.8 Å². The van der Waals surface area contributed by atoms with Gasteiger partial charge < -0.3 is 25.6 Å². The van der Waals surface area contributed by atoms with Gasteiger partial charge in [0.25, 0.3) is 5.91 Å². The Hall–Kier alpha value is -2.04. The summed E-state index contributed by atoms with van der Waals surface area (Å²) in [6.07, 6.45) is 5.65. The number of hydrogen-bond donors (Lipinski definition) is 3. The van der Waals surface area contributed by atoms with Crippen LogP contribution in [-0.4, -0.2) is 69.1 Å². The predicted molar refractivity (Wildman–Crippen MR) is 137 cm³/mol. The molecule has 2 amide bonds. The normalized spacial score (nSPS) is 16.7. The fraction of sp³-hybridized carbons (Fsp3) is 0.609. The molecular weight excluding hydrogens is 521 g/mol. The molecule has 0 atom stereocenters. The molecule has 1 heterocycles. The van der Waals surface area contributed by atoms with Crippen molar-refractivity contribution in [3.05, 3.63) is 29.8 Å². The summed E-state index contributed by atoms with van der Waals surface area (Å²) < 4.78 is 5.55. The zero-order valence-electron chi connectivity index (χ0n) is 19.1. The summed E-state index contributed by atoms with van der Waals surface area (Å²) >= 11 is 0. The van der Waals surface area contributed by atoms with E-state index in [1.54, 1.807) is 7.05 Å². The number of nitrogens with zero attached hydrogens (tertiary/aromatic N) is 2. The highest BCUT2D eigenvalue weighted by molar-refractivity contribution is 14.0. The third-order valence-corrected chi connectivity index (χ3v) is 5.81. The van der Waals surface area contributed by atoms with Crippen molar-refractivity contribution in [2.24, 2.45) is 10.9 Å². The van der Waals surface area contributed by atoms with Crippen LogP contribution in [0.25, 0.3) is 0 Å². The number of halogens is 1. The number of carbonyl (C=O) groups is 2. The molecule has 3 rings (SSSR count). The van der Waals surface area contributed by atoms with Crippen molar-refractivity contribution >= 4 is 41.8 Å². The van der Waals surface area contributed by atoms with E-state index in [1.165, 1.54) is 5.56 Å². The van der Waals surface area contributed by atoms with E-state index in [4.69, 9.17) is 4.74 Å². The van der Waals surface area contributed by atoms with Gasteiger partial charge in [0.1, 0.15) is 5.75 Å². The molecule has 0 spiro atoms. The highest BCUT2D eigenvalue weighted by Crippen LogP contribution is 2.20. The van der Waals surface area contributed by atoms with Gasteiger partial charge in [-0.25, -0.2) is 0 Å². The number of aliphatic imine (C=N–C) groups is 1. The third kappa shape index (κ3) is 8.84. The minimum absolute atomic E-state index is 0. The van der Waals surface area contributed by atoms with Crippen LogP contribution < -0.4 is 20.7 Å². The molecule has 178 valence electrons. The van der Waals surface area contributed by atoms with E-state index in [1.807, 2.05) is 31.3 Å². The van der Waals surface area contributed by atoms with Crippen LogP contribution in [0.1, 0.15) is 37.7 Å². The first-order valence-electron chi connectivity index (χ1n) is 11.2. The van der Waals surface area contributed by atoms with Crippen LogP contribution in [0.5, 0.6) is 5.75 Å². The Bertz CT molecular complexity index is 759. The lowest BCUT2D eigenvalue weighted by Crippen LogP contribution is -2.46. The minimum atomic E-state index is -0.0557. The third-order valence-electron chi connectivity index (χ3n) is 5.81. The van der Waals surface area contributed by atoms with E-state index in [9.17, 15) is 9.59 Å². The Balaban J connectivity index is 0.00000363. The molecule has 2 fully saturated rings. The van der Waals surface area contributed by atoms with Gasteiger partial charge in [0, 0.05) is 46.2 Å². The standard InChI is InChI=1S/C23H35N5O3.HI/c1-24-21(29)15-18-10-13-28(14-11-18)23(25-2)26-12-9-17-3-7-20(8-4-17)31-16-22(30)27-19-5-6-19;/h3-4,7-8,18-19H,5-6,9-16H2,1-2H3,(H,24,29)(H,25,26)(H,27,30);1H. The van der Waals surface area contributed by atoms with Gasteiger partial charge >= 0.3 is 0 Å². The monoisotopic (exact) mass is 557 g/mol. The van der Waals surface area contributed by atoms with Crippen LogP contribution in [0.15, 0.2) is 29.3 Å². The lowest BCUT2D eigenvalue weighted by Gasteiger charge is -2.34. The van der Waals surface area contributed by atoms with E-state index < -0.39 is 0 Å². The first-order chi connectivity index (χ1) is 15.1. The number of piperidine rings is 1. The van der Waals surface area contributed by atoms with Crippen LogP contribution in [0.3, 0.4) is 0 Å². The van der Waals surface area contributed by atoms with E-state index in [-0.39, 0.29) is 42.4 Å². The van der Waals surface area contributed by atoms with Crippen LogP contribution in [0, 0.1) is 5.92 Å². The molecule has 32 heavy (non-hydrogen) atoms. The topological polar surface area (TPSA) is 95.1 Å². The van der Waals surface area contributed by atoms with E-state index in [0.29, 0.717) is 24.1 Å². The average molecular weight is 557 g/mol. The average Bonchev–Trinajstić information content (AvgIpc) is 3.60. The van der Waals surface area contributed by atoms with Gasteiger partial charge in [0.2, 0.25) is 5.91 Å². The van der Waals surface area contributed by atoms with Crippen molar-refractivity contribution in [2.75, 3.05) is 40.3 Å². The summed E-state index contributed by atoms with van der Waals surface area (Å²) in [5, 5.41) is 9.07. The van der Waals surface area contributed by atoms with Crippen LogP contribution >= 0.6 is 24.0 Å². The van der Waals surface area contributed by atoms with Crippen molar-refractivity contribution in [1.82, 2.24) is 20.9 Å². The second-order valence-electron chi connectivity index (χ2n) is 8.31. The molecule has 1 aromatic carbocycles. The molecule has 1 saturated carbocycles. The molecule has 0 unspecified atom stereocenters. The lowest BCUT2D eigenvalue weighted by molar-refractivity contribution is -0.123. The molecule has 1 saturated heterocycles. The zero-order chi connectivity index (χ0) is 22.1. The molecule has 1 aliphatic heterocycles. The number of benzene rings is 1. The van der Waals surface area contributed by atoms with Crippen molar-refractivity contribution < 1.29 is 14.3 Å². The summed E-state index contributed by atoms with van der Waals surface area (Å²) in [7, 11) is 3.50. The van der Waals surface area contributed by atoms with Crippen LogP contribution in [-0.2, 0) is 16.0 Å². The van der Waals surface area contributed by atoms with Crippen LogP contribution in [0.2, 0.25) is 0 Å². The summed E-state index contributed by atoms with van der Waals surface area (Å²) in [5.74, 6) is 2.15. The summed E-state index contributed by atoms with van der Waals surface area (Å²) in [6.45, 7) is 2.69. The zero-order valence-corrected chi connectivity index (χ0v) is 21.4. The van der Waals surface area contributed by atoms with Gasteiger partial charge in [-0.3, -0.25) is 14.6 Å². The largest absolute Gasteiger partial charge is 0.484 e. The molecule has 3 N–H and O–H groups in total. The molecule has 1 aromatic rings. The maximum atomic E-state index is 11.7. The van der Waals surface area contributed by atoms with Gasteiger partial charge in [-0.05, 0) is 55.7 Å². The Morgan fingerprint density at radius 3 is 2.38 bits per heavy atom. The molecule has 0 radical (unpaired) electrons. The number of ether oxygens (including phenoxy) is 1. The van der Waals surface area contributed by atoms with Crippen molar-refractivity contribution in [1.29, 1.82) is 0 Å². The molecule has 2 aliphatic rings. The van der Waals surface area contributed by atoms with Gasteiger partial charge in [-0.2, -0.15) is 0 Å². The highest BCUT2D eigenvalue weighted by atomic mass is 127. The smallest absolute Gasteiger partial charge is 0.258 e. The fourth-order valence-electron chi connectivity index (χ4n) is 3.76. The molecule has 8 nitrogen and oxygen atoms in total. The minimum Gasteiger partial charge on any atom is -0.484 e. The van der Waals surface area contributed by atoms with Gasteiger partial charge in [0.05, 0.1) is 0 Å². The van der Waals surface area contributed by atoms with Gasteiger partial charge in [-0.15, -0.1) is 24.0 Å². The number of rotatable bonds is 9. The number of likely N-dealkylation sites (tertiary alicyclic amines) is 1. The first kappa shape index (κ1) is 26.2. The molecular formula is C23H36IN5O3. The Morgan fingerprint density at radius 1 is 1.09 bits per heavy atom. The molecule has 0 bridgehead atoms. The van der Waals surface area contributed by atoms with E-state index >= 15 is 0 Å². The molecule has 0 aromatic heterocycles. The fourth-order valence-corrected chi connectivity index (χ4v) is 3.76. The second-order valence-corrected chi connectivity index (χ2v) is 8.31. The number of hydrogen-bond acceptors (Lipinski definition) is 4. The Labute approximate surface area is 208 Å². The van der Waals surface area contributed by atoms with Crippen LogP contribution in [0.4, 0.5) is 0 Å². The second kappa shape index (κ2) is 13.5.